The van der Waals surface area contributed by atoms with Gasteiger partial charge in [-0.1, -0.05) is 0 Å². The Morgan fingerprint density at radius 1 is 1.75 bits per heavy atom. The minimum absolute atomic E-state index is 0.0841. The van der Waals surface area contributed by atoms with Crippen molar-refractivity contribution in [1.82, 2.24) is 4.90 Å². The molecule has 0 radical (unpaired) electrons. The largest absolute Gasteiger partial charge is 0.384 e. The van der Waals surface area contributed by atoms with Gasteiger partial charge < -0.3 is 14.7 Å². The number of ether oxygens (including phenoxy) is 1. The first-order chi connectivity index (χ1) is 5.63. The zero-order valence-corrected chi connectivity index (χ0v) is 7.49. The zero-order chi connectivity index (χ0) is 9.14. The molecule has 0 bridgehead atoms. The summed E-state index contributed by atoms with van der Waals surface area (Å²) >= 11 is 0. The van der Waals surface area contributed by atoms with E-state index < -0.39 is 6.10 Å². The number of amides is 1. The molecule has 0 aromatic rings. The van der Waals surface area contributed by atoms with Crippen molar-refractivity contribution in [2.75, 3.05) is 19.8 Å². The fourth-order valence-corrected chi connectivity index (χ4v) is 1.29. The van der Waals surface area contributed by atoms with Crippen molar-refractivity contribution in [1.29, 1.82) is 0 Å². The van der Waals surface area contributed by atoms with Crippen LogP contribution in [0.25, 0.3) is 0 Å². The van der Waals surface area contributed by atoms with Crippen molar-refractivity contribution >= 4 is 5.91 Å². The molecule has 1 fully saturated rings. The van der Waals surface area contributed by atoms with Crippen LogP contribution in [0.3, 0.4) is 0 Å². The maximum Gasteiger partial charge on any atom is 0.251 e. The molecule has 1 amide bonds. The van der Waals surface area contributed by atoms with Crippen molar-refractivity contribution in [3.05, 3.63) is 0 Å². The molecule has 1 N–H and O–H groups in total. The average molecular weight is 173 g/mol. The van der Waals surface area contributed by atoms with E-state index in [-0.39, 0.29) is 11.9 Å². The fraction of sp³-hybridized carbons (Fsp3) is 0.875. The molecule has 2 atom stereocenters. The van der Waals surface area contributed by atoms with Gasteiger partial charge in [0.2, 0.25) is 0 Å². The minimum Gasteiger partial charge on any atom is -0.384 e. The van der Waals surface area contributed by atoms with Crippen molar-refractivity contribution < 1.29 is 14.6 Å². The van der Waals surface area contributed by atoms with Gasteiger partial charge in [0.1, 0.15) is 6.10 Å². The molecule has 0 saturated carbocycles. The van der Waals surface area contributed by atoms with Crippen LogP contribution in [-0.4, -0.2) is 47.8 Å². The van der Waals surface area contributed by atoms with E-state index in [1.807, 2.05) is 6.92 Å². The number of carbonyl (C=O) groups excluding carboxylic acids is 1. The van der Waals surface area contributed by atoms with E-state index in [0.29, 0.717) is 19.8 Å². The molecule has 1 aliphatic heterocycles. The summed E-state index contributed by atoms with van der Waals surface area (Å²) in [5.74, 6) is -0.203. The third-order valence-electron chi connectivity index (χ3n) is 2.01. The Balaban J connectivity index is 2.53. The van der Waals surface area contributed by atoms with Gasteiger partial charge in [-0.3, -0.25) is 4.79 Å². The standard InChI is InChI=1S/C8H15NO3/c1-6-5-12-4-3-9(6)8(11)7(2)10/h6-7,10H,3-5H2,1-2H3/t6-,7-/m1/s1. The monoisotopic (exact) mass is 173 g/mol. The highest BCUT2D eigenvalue weighted by atomic mass is 16.5. The number of aliphatic hydroxyl groups is 1. The van der Waals surface area contributed by atoms with Crippen LogP contribution < -0.4 is 0 Å². The van der Waals surface area contributed by atoms with Crippen LogP contribution in [0.1, 0.15) is 13.8 Å². The van der Waals surface area contributed by atoms with Crippen LogP contribution in [-0.2, 0) is 9.53 Å². The van der Waals surface area contributed by atoms with Crippen molar-refractivity contribution in [2.45, 2.75) is 26.0 Å². The fourth-order valence-electron chi connectivity index (χ4n) is 1.29. The maximum absolute atomic E-state index is 11.3. The van der Waals surface area contributed by atoms with Gasteiger partial charge in [0, 0.05) is 6.54 Å². The highest BCUT2D eigenvalue weighted by Crippen LogP contribution is 2.07. The van der Waals surface area contributed by atoms with E-state index in [9.17, 15) is 4.79 Å². The summed E-state index contributed by atoms with van der Waals surface area (Å²) in [6.45, 7) is 5.14. The van der Waals surface area contributed by atoms with Gasteiger partial charge in [0.15, 0.2) is 0 Å². The predicted octanol–water partition coefficient (Wildman–Crippen LogP) is -0.385. The number of morpholine rings is 1. The molecule has 1 saturated heterocycles. The van der Waals surface area contributed by atoms with E-state index in [2.05, 4.69) is 0 Å². The predicted molar refractivity (Wildman–Crippen MR) is 43.7 cm³/mol. The summed E-state index contributed by atoms with van der Waals surface area (Å²) in [5.41, 5.74) is 0. The van der Waals surface area contributed by atoms with Gasteiger partial charge in [-0.05, 0) is 13.8 Å². The second-order valence-corrected chi connectivity index (χ2v) is 3.13. The summed E-state index contributed by atoms with van der Waals surface area (Å²) in [7, 11) is 0. The lowest BCUT2D eigenvalue weighted by Crippen LogP contribution is -2.50. The first kappa shape index (κ1) is 9.48. The summed E-state index contributed by atoms with van der Waals surface area (Å²) in [4.78, 5) is 13.0. The van der Waals surface area contributed by atoms with Gasteiger partial charge in [0.25, 0.3) is 5.91 Å². The number of hydrogen-bond acceptors (Lipinski definition) is 3. The van der Waals surface area contributed by atoms with Gasteiger partial charge in [-0.25, -0.2) is 0 Å². The molecule has 1 heterocycles. The Morgan fingerprint density at radius 3 is 2.92 bits per heavy atom. The molecule has 0 aromatic heterocycles. The van der Waals surface area contributed by atoms with Crippen molar-refractivity contribution in [3.8, 4) is 0 Å². The van der Waals surface area contributed by atoms with Crippen molar-refractivity contribution in [2.24, 2.45) is 0 Å². The Morgan fingerprint density at radius 2 is 2.42 bits per heavy atom. The molecular formula is C8H15NO3. The van der Waals surface area contributed by atoms with Crippen molar-refractivity contribution in [3.63, 3.8) is 0 Å². The number of carbonyl (C=O) groups is 1. The smallest absolute Gasteiger partial charge is 0.251 e. The Kier molecular flexibility index (Phi) is 3.05. The number of nitrogens with zero attached hydrogens (tertiary/aromatic N) is 1. The molecule has 4 heteroatoms. The normalized spacial score (nSPS) is 26.9. The SMILES string of the molecule is C[C@@H]1COCCN1C(=O)[C@@H](C)O. The van der Waals surface area contributed by atoms with Crippen LogP contribution in [0.4, 0.5) is 0 Å². The topological polar surface area (TPSA) is 49.8 Å². The Labute approximate surface area is 72.1 Å². The highest BCUT2D eigenvalue weighted by molar-refractivity contribution is 5.80. The molecule has 1 rings (SSSR count). The van der Waals surface area contributed by atoms with Crippen LogP contribution in [0.15, 0.2) is 0 Å². The summed E-state index contributed by atoms with van der Waals surface area (Å²) < 4.78 is 5.17. The van der Waals surface area contributed by atoms with E-state index in [1.165, 1.54) is 6.92 Å². The molecule has 12 heavy (non-hydrogen) atoms. The number of aliphatic hydroxyl groups excluding tert-OH is 1. The van der Waals surface area contributed by atoms with Gasteiger partial charge >= 0.3 is 0 Å². The highest BCUT2D eigenvalue weighted by Gasteiger charge is 2.25. The molecule has 4 nitrogen and oxygen atoms in total. The van der Waals surface area contributed by atoms with Crippen LogP contribution in [0, 0.1) is 0 Å². The molecule has 0 aromatic carbocycles. The van der Waals surface area contributed by atoms with Gasteiger partial charge in [0.05, 0.1) is 19.3 Å². The van der Waals surface area contributed by atoms with Gasteiger partial charge in [-0.2, -0.15) is 0 Å². The Hall–Kier alpha value is -0.610. The molecule has 0 spiro atoms. The number of hydrogen-bond donors (Lipinski definition) is 1. The lowest BCUT2D eigenvalue weighted by molar-refractivity contribution is -0.147. The second-order valence-electron chi connectivity index (χ2n) is 3.13. The third-order valence-corrected chi connectivity index (χ3v) is 2.01. The van der Waals surface area contributed by atoms with E-state index >= 15 is 0 Å². The average Bonchev–Trinajstić information content (AvgIpc) is 2.04. The summed E-state index contributed by atoms with van der Waals surface area (Å²) in [6.07, 6.45) is -0.898. The zero-order valence-electron chi connectivity index (χ0n) is 7.49. The lowest BCUT2D eigenvalue weighted by Gasteiger charge is -2.34. The third kappa shape index (κ3) is 1.95. The second kappa shape index (κ2) is 3.87. The first-order valence-corrected chi connectivity index (χ1v) is 4.19. The molecule has 1 aliphatic rings. The Bertz CT molecular complexity index is 170. The van der Waals surface area contributed by atoms with E-state index in [0.717, 1.165) is 0 Å². The number of rotatable bonds is 1. The van der Waals surface area contributed by atoms with Crippen LogP contribution in [0.5, 0.6) is 0 Å². The quantitative estimate of drug-likeness (QED) is 0.587. The molecule has 0 aliphatic carbocycles. The van der Waals surface area contributed by atoms with Crippen LogP contribution in [0.2, 0.25) is 0 Å². The molecular weight excluding hydrogens is 158 g/mol. The molecule has 0 unspecified atom stereocenters. The first-order valence-electron chi connectivity index (χ1n) is 4.19. The van der Waals surface area contributed by atoms with E-state index in [4.69, 9.17) is 9.84 Å². The van der Waals surface area contributed by atoms with E-state index in [1.54, 1.807) is 4.90 Å². The minimum atomic E-state index is -0.898. The summed E-state index contributed by atoms with van der Waals surface area (Å²) in [6, 6.07) is 0.0841. The lowest BCUT2D eigenvalue weighted by atomic mass is 10.2. The summed E-state index contributed by atoms with van der Waals surface area (Å²) in [5, 5.41) is 9.06. The van der Waals surface area contributed by atoms with Gasteiger partial charge in [-0.15, -0.1) is 0 Å². The maximum atomic E-state index is 11.3. The van der Waals surface area contributed by atoms with Crippen LogP contribution >= 0.6 is 0 Å². The molecule has 70 valence electrons.